The van der Waals surface area contributed by atoms with Gasteiger partial charge in [-0.1, -0.05) is 55.5 Å². The number of pyridine rings is 1. The second-order valence-electron chi connectivity index (χ2n) is 8.79. The van der Waals surface area contributed by atoms with Crippen LogP contribution in [-0.2, 0) is 0 Å². The van der Waals surface area contributed by atoms with Gasteiger partial charge in [0.05, 0.1) is 33.5 Å². The molecule has 0 fully saturated rings. The summed E-state index contributed by atoms with van der Waals surface area (Å²) in [6, 6.07) is 17.8. The average Bonchev–Trinajstić information content (AvgIpc) is 3.62. The summed E-state index contributed by atoms with van der Waals surface area (Å²) in [5, 5.41) is 3.55. The number of hydrogen-bond acceptors (Lipinski definition) is 7. The van der Waals surface area contributed by atoms with Gasteiger partial charge in [-0.2, -0.15) is 0 Å². The first kappa shape index (κ1) is 25.3. The Kier molecular flexibility index (Phi) is 7.50. The normalized spacial score (nSPS) is 11.5. The Morgan fingerprint density at radius 3 is 2.54 bits per heavy atom. The standard InChI is InChI=1S/C29H30N4O2S2/c1-5-32(6-2)15-16-33(29-31-26-24(35-4)14-13-19(3)27(26)37-29)28(34)21-18-23(25-12-9-17-36-25)30-22-11-8-7-10-20(21)22/h7-14,17-18H,5-6,15-16H2,1-4H3. The highest BCUT2D eigenvalue weighted by molar-refractivity contribution is 7.22. The number of carbonyl (C=O) groups is 1. The van der Waals surface area contributed by atoms with Crippen molar-refractivity contribution in [2.75, 3.05) is 38.2 Å². The molecule has 0 spiro atoms. The van der Waals surface area contributed by atoms with Crippen molar-refractivity contribution in [3.8, 4) is 16.3 Å². The molecule has 0 aliphatic rings. The Labute approximate surface area is 225 Å². The maximum atomic E-state index is 14.4. The third-order valence-corrected chi connectivity index (χ3v) is 8.75. The van der Waals surface area contributed by atoms with Crippen LogP contribution in [0.1, 0.15) is 29.8 Å². The molecule has 2 aromatic carbocycles. The van der Waals surface area contributed by atoms with Gasteiger partial charge in [0.1, 0.15) is 11.3 Å². The molecule has 37 heavy (non-hydrogen) atoms. The van der Waals surface area contributed by atoms with Crippen molar-refractivity contribution in [3.63, 3.8) is 0 Å². The lowest BCUT2D eigenvalue weighted by Crippen LogP contribution is -2.39. The van der Waals surface area contributed by atoms with Gasteiger partial charge in [-0.25, -0.2) is 9.97 Å². The number of para-hydroxylation sites is 1. The zero-order valence-electron chi connectivity index (χ0n) is 21.5. The SMILES string of the molecule is CCN(CC)CCN(C(=O)c1cc(-c2cccs2)nc2ccccc12)c1nc2c(OC)ccc(C)c2s1. The number of fused-ring (bicyclic) bond motifs is 2. The van der Waals surface area contributed by atoms with Crippen molar-refractivity contribution in [1.29, 1.82) is 0 Å². The van der Waals surface area contributed by atoms with Crippen LogP contribution in [0.2, 0.25) is 0 Å². The molecule has 0 aliphatic heterocycles. The van der Waals surface area contributed by atoms with E-state index in [1.807, 2.05) is 64.9 Å². The van der Waals surface area contributed by atoms with Crippen LogP contribution in [0.4, 0.5) is 5.13 Å². The Morgan fingerprint density at radius 1 is 1.00 bits per heavy atom. The number of thiazole rings is 1. The fraction of sp³-hybridized carbons (Fsp3) is 0.276. The summed E-state index contributed by atoms with van der Waals surface area (Å²) in [6.07, 6.45) is 0. The van der Waals surface area contributed by atoms with E-state index in [2.05, 4.69) is 25.7 Å². The second kappa shape index (κ2) is 11.0. The molecule has 0 saturated carbocycles. The van der Waals surface area contributed by atoms with Gasteiger partial charge in [-0.3, -0.25) is 9.69 Å². The highest BCUT2D eigenvalue weighted by Gasteiger charge is 2.26. The monoisotopic (exact) mass is 530 g/mol. The summed E-state index contributed by atoms with van der Waals surface area (Å²) in [5.74, 6) is 0.646. The molecule has 0 atom stereocenters. The van der Waals surface area contributed by atoms with Crippen molar-refractivity contribution in [2.45, 2.75) is 20.8 Å². The van der Waals surface area contributed by atoms with Crippen LogP contribution < -0.4 is 9.64 Å². The largest absolute Gasteiger partial charge is 0.494 e. The van der Waals surface area contributed by atoms with E-state index in [4.69, 9.17) is 14.7 Å². The molecule has 0 N–H and O–H groups in total. The van der Waals surface area contributed by atoms with E-state index in [1.54, 1.807) is 29.8 Å². The van der Waals surface area contributed by atoms with Gasteiger partial charge in [-0.05, 0) is 55.2 Å². The summed E-state index contributed by atoms with van der Waals surface area (Å²) >= 11 is 3.16. The lowest BCUT2D eigenvalue weighted by atomic mass is 10.1. The van der Waals surface area contributed by atoms with Crippen molar-refractivity contribution < 1.29 is 9.53 Å². The lowest BCUT2D eigenvalue weighted by Gasteiger charge is -2.25. The van der Waals surface area contributed by atoms with E-state index in [9.17, 15) is 4.79 Å². The first-order chi connectivity index (χ1) is 18.0. The molecule has 3 aromatic heterocycles. The molecule has 5 rings (SSSR count). The van der Waals surface area contributed by atoms with Crippen LogP contribution in [0.3, 0.4) is 0 Å². The van der Waals surface area contributed by atoms with Gasteiger partial charge in [-0.15, -0.1) is 11.3 Å². The number of nitrogens with zero attached hydrogens (tertiary/aromatic N) is 4. The van der Waals surface area contributed by atoms with Gasteiger partial charge < -0.3 is 9.64 Å². The van der Waals surface area contributed by atoms with Gasteiger partial charge in [0.25, 0.3) is 5.91 Å². The van der Waals surface area contributed by atoms with Crippen molar-refractivity contribution in [3.05, 3.63) is 71.1 Å². The van der Waals surface area contributed by atoms with Crippen LogP contribution in [0, 0.1) is 6.92 Å². The van der Waals surface area contributed by atoms with E-state index < -0.39 is 0 Å². The first-order valence-electron chi connectivity index (χ1n) is 12.5. The zero-order chi connectivity index (χ0) is 25.9. The smallest absolute Gasteiger partial charge is 0.260 e. The van der Waals surface area contributed by atoms with Crippen molar-refractivity contribution >= 4 is 54.8 Å². The summed E-state index contributed by atoms with van der Waals surface area (Å²) in [7, 11) is 1.65. The second-order valence-corrected chi connectivity index (χ2v) is 10.7. The molecule has 3 heterocycles. The predicted molar refractivity (Wildman–Crippen MR) is 155 cm³/mol. The number of amides is 1. The van der Waals surface area contributed by atoms with Crippen LogP contribution in [0.15, 0.2) is 60.0 Å². The number of aromatic nitrogens is 2. The molecule has 0 unspecified atom stereocenters. The number of hydrogen-bond donors (Lipinski definition) is 0. The molecule has 0 aliphatic carbocycles. The Balaban J connectivity index is 1.65. The van der Waals surface area contributed by atoms with E-state index >= 15 is 0 Å². The lowest BCUT2D eigenvalue weighted by molar-refractivity contribution is 0.0985. The molecule has 6 nitrogen and oxygen atoms in total. The van der Waals surface area contributed by atoms with Gasteiger partial charge in [0.15, 0.2) is 5.13 Å². The van der Waals surface area contributed by atoms with Gasteiger partial charge >= 0.3 is 0 Å². The molecule has 190 valence electrons. The number of benzene rings is 2. The van der Waals surface area contributed by atoms with Crippen molar-refractivity contribution in [2.24, 2.45) is 0 Å². The number of anilines is 1. The average molecular weight is 531 g/mol. The molecular formula is C29H30N4O2S2. The highest BCUT2D eigenvalue weighted by Crippen LogP contribution is 2.37. The summed E-state index contributed by atoms with van der Waals surface area (Å²) in [5.41, 5.74) is 4.16. The van der Waals surface area contributed by atoms with Crippen molar-refractivity contribution in [1.82, 2.24) is 14.9 Å². The minimum Gasteiger partial charge on any atom is -0.494 e. The summed E-state index contributed by atoms with van der Waals surface area (Å²) in [4.78, 5) is 29.4. The number of likely N-dealkylation sites (N-methyl/N-ethyl adjacent to an activating group) is 1. The maximum Gasteiger partial charge on any atom is 0.260 e. The number of methoxy groups -OCH3 is 1. The molecule has 5 aromatic rings. The van der Waals surface area contributed by atoms with E-state index in [0.29, 0.717) is 23.0 Å². The topological polar surface area (TPSA) is 58.6 Å². The minimum absolute atomic E-state index is 0.0701. The quantitative estimate of drug-likeness (QED) is 0.208. The van der Waals surface area contributed by atoms with Crippen LogP contribution in [0.5, 0.6) is 5.75 Å². The van der Waals surface area contributed by atoms with Gasteiger partial charge in [0, 0.05) is 18.5 Å². The predicted octanol–water partition coefficient (Wildman–Crippen LogP) is 6.88. The van der Waals surface area contributed by atoms with E-state index in [1.165, 1.54) is 0 Å². The fourth-order valence-electron chi connectivity index (χ4n) is 4.49. The number of thiophene rings is 1. The Hall–Kier alpha value is -3.33. The number of ether oxygens (including phenoxy) is 1. The number of carbonyl (C=O) groups excluding carboxylic acids is 1. The van der Waals surface area contributed by atoms with Crippen LogP contribution in [0.25, 0.3) is 31.7 Å². The van der Waals surface area contributed by atoms with E-state index in [0.717, 1.165) is 56.9 Å². The molecule has 1 amide bonds. The van der Waals surface area contributed by atoms with Crippen LogP contribution >= 0.6 is 22.7 Å². The summed E-state index contributed by atoms with van der Waals surface area (Å²) in [6.45, 7) is 9.49. The van der Waals surface area contributed by atoms with Crippen LogP contribution in [-0.4, -0.2) is 54.1 Å². The fourth-order valence-corrected chi connectivity index (χ4v) is 6.25. The third-order valence-electron chi connectivity index (χ3n) is 6.64. The summed E-state index contributed by atoms with van der Waals surface area (Å²) < 4.78 is 6.63. The molecular weight excluding hydrogens is 500 g/mol. The molecule has 0 bridgehead atoms. The first-order valence-corrected chi connectivity index (χ1v) is 14.2. The number of aryl methyl sites for hydroxylation is 1. The zero-order valence-corrected chi connectivity index (χ0v) is 23.2. The Bertz CT molecular complexity index is 1540. The van der Waals surface area contributed by atoms with E-state index in [-0.39, 0.29) is 5.91 Å². The molecule has 0 radical (unpaired) electrons. The Morgan fingerprint density at radius 2 is 1.81 bits per heavy atom. The molecule has 0 saturated heterocycles. The number of rotatable bonds is 9. The minimum atomic E-state index is -0.0701. The highest BCUT2D eigenvalue weighted by atomic mass is 32.1. The van der Waals surface area contributed by atoms with Gasteiger partial charge in [0.2, 0.25) is 0 Å². The molecule has 8 heteroatoms. The maximum absolute atomic E-state index is 14.4. The third kappa shape index (κ3) is 4.97.